The molecule has 0 amide bonds. The number of nitrogens with two attached hydrogens (primary N) is 1. The van der Waals surface area contributed by atoms with Crippen LogP contribution in [0.1, 0.15) is 22.3 Å². The van der Waals surface area contributed by atoms with Crippen molar-refractivity contribution >= 4 is 5.82 Å². The number of aromatic nitrogens is 1. The van der Waals surface area contributed by atoms with Gasteiger partial charge in [0.25, 0.3) is 5.56 Å². The Kier molecular flexibility index (Phi) is 4.92. The first-order valence-electron chi connectivity index (χ1n) is 8.19. The zero-order chi connectivity index (χ0) is 19.4. The molecule has 3 rings (SSSR count). The Morgan fingerprint density at radius 1 is 1.04 bits per heavy atom. The van der Waals surface area contributed by atoms with E-state index >= 15 is 0 Å². The van der Waals surface area contributed by atoms with Crippen LogP contribution in [0.3, 0.4) is 0 Å². The molecule has 0 saturated carbocycles. The molecule has 1 aromatic heterocycles. The minimum atomic E-state index is -0.621. The van der Waals surface area contributed by atoms with Crippen LogP contribution < -0.4 is 16.0 Å². The minimum Gasteiger partial charge on any atom is -0.489 e. The highest BCUT2D eigenvalue weighted by Gasteiger charge is 2.18. The van der Waals surface area contributed by atoms with Crippen molar-refractivity contribution in [2.24, 2.45) is 0 Å². The summed E-state index contributed by atoms with van der Waals surface area (Å²) in [6, 6.07) is 18.6. The van der Waals surface area contributed by atoms with Crippen molar-refractivity contribution < 1.29 is 4.74 Å². The third-order valence-corrected chi connectivity index (χ3v) is 4.27. The molecule has 1 heterocycles. The van der Waals surface area contributed by atoms with Crippen LogP contribution in [-0.2, 0) is 6.61 Å². The first-order chi connectivity index (χ1) is 13.0. The van der Waals surface area contributed by atoms with Crippen LogP contribution in [0.15, 0.2) is 53.3 Å². The van der Waals surface area contributed by atoms with Gasteiger partial charge in [-0.3, -0.25) is 4.79 Å². The first kappa shape index (κ1) is 17.8. The van der Waals surface area contributed by atoms with Crippen molar-refractivity contribution in [3.05, 3.63) is 81.1 Å². The Morgan fingerprint density at radius 3 is 2.33 bits per heavy atom. The molecule has 0 atom stereocenters. The van der Waals surface area contributed by atoms with E-state index in [0.717, 1.165) is 11.1 Å². The highest BCUT2D eigenvalue weighted by Crippen LogP contribution is 2.29. The van der Waals surface area contributed by atoms with Gasteiger partial charge in [0.15, 0.2) is 0 Å². The van der Waals surface area contributed by atoms with Crippen LogP contribution in [0.5, 0.6) is 5.75 Å². The second-order valence-corrected chi connectivity index (χ2v) is 5.96. The van der Waals surface area contributed by atoms with Crippen molar-refractivity contribution in [2.45, 2.75) is 13.5 Å². The molecular formula is C21H16N4O2. The second kappa shape index (κ2) is 7.47. The number of ether oxygens (including phenoxy) is 1. The van der Waals surface area contributed by atoms with Crippen LogP contribution >= 0.6 is 0 Å². The number of aryl methyl sites for hydroxylation is 1. The highest BCUT2D eigenvalue weighted by molar-refractivity contribution is 5.80. The Hall–Kier alpha value is -4.03. The zero-order valence-corrected chi connectivity index (χ0v) is 14.6. The Labute approximate surface area is 156 Å². The summed E-state index contributed by atoms with van der Waals surface area (Å²) in [5.74, 6) is 0.577. The molecule has 0 unspecified atom stereocenters. The molecule has 27 heavy (non-hydrogen) atoms. The van der Waals surface area contributed by atoms with E-state index in [9.17, 15) is 15.3 Å². The lowest BCUT2D eigenvalue weighted by Gasteiger charge is -2.11. The number of nitriles is 2. The van der Waals surface area contributed by atoms with Crippen molar-refractivity contribution in [3.8, 4) is 29.0 Å². The number of aromatic amines is 1. The number of H-pyrrole nitrogens is 1. The molecule has 0 fully saturated rings. The lowest BCUT2D eigenvalue weighted by Crippen LogP contribution is -2.16. The van der Waals surface area contributed by atoms with Gasteiger partial charge in [0.05, 0.1) is 0 Å². The smallest absolute Gasteiger partial charge is 0.268 e. The van der Waals surface area contributed by atoms with Gasteiger partial charge >= 0.3 is 0 Å². The first-order valence-corrected chi connectivity index (χ1v) is 8.19. The normalized spacial score (nSPS) is 10.0. The molecule has 3 aromatic rings. The van der Waals surface area contributed by atoms with Gasteiger partial charge in [-0.15, -0.1) is 0 Å². The fourth-order valence-electron chi connectivity index (χ4n) is 2.78. The van der Waals surface area contributed by atoms with E-state index in [4.69, 9.17) is 10.5 Å². The predicted octanol–water partition coefficient (Wildman–Crippen LogP) is 3.25. The van der Waals surface area contributed by atoms with Crippen molar-refractivity contribution in [2.75, 3.05) is 5.73 Å². The van der Waals surface area contributed by atoms with E-state index in [2.05, 4.69) is 4.98 Å². The van der Waals surface area contributed by atoms with Crippen LogP contribution in [0.25, 0.3) is 11.1 Å². The molecule has 0 aliphatic heterocycles. The monoisotopic (exact) mass is 356 g/mol. The van der Waals surface area contributed by atoms with Gasteiger partial charge in [-0.1, -0.05) is 36.4 Å². The number of nitrogens with zero attached hydrogens (tertiary/aromatic N) is 2. The molecule has 0 aliphatic rings. The number of pyridine rings is 1. The fraction of sp³-hybridized carbons (Fsp3) is 0.0952. The number of rotatable bonds is 4. The number of hydrogen-bond acceptors (Lipinski definition) is 5. The lowest BCUT2D eigenvalue weighted by atomic mass is 9.96. The van der Waals surface area contributed by atoms with Gasteiger partial charge < -0.3 is 15.5 Å². The molecule has 0 bridgehead atoms. The summed E-state index contributed by atoms with van der Waals surface area (Å²) in [4.78, 5) is 14.3. The van der Waals surface area contributed by atoms with Gasteiger partial charge in [0.2, 0.25) is 0 Å². The maximum absolute atomic E-state index is 12.0. The van der Waals surface area contributed by atoms with E-state index in [1.54, 1.807) is 24.3 Å². The lowest BCUT2D eigenvalue weighted by molar-refractivity contribution is 0.305. The standard InChI is InChI=1S/C21H16N4O2/c1-13-4-2-3-5-15(13)12-27-16-8-6-14(7-9-16)19-17(10-22)20(24)25-21(26)18(19)11-23/h2-9H,12H2,1H3,(H3,24,25,26). The van der Waals surface area contributed by atoms with E-state index in [0.29, 0.717) is 17.9 Å². The molecule has 132 valence electrons. The summed E-state index contributed by atoms with van der Waals surface area (Å²) in [6.45, 7) is 2.45. The van der Waals surface area contributed by atoms with Crippen LogP contribution in [0.2, 0.25) is 0 Å². The van der Waals surface area contributed by atoms with Crippen molar-refractivity contribution in [1.82, 2.24) is 4.98 Å². The van der Waals surface area contributed by atoms with Crippen LogP contribution in [0.4, 0.5) is 5.82 Å². The summed E-state index contributed by atoms with van der Waals surface area (Å²) in [5, 5.41) is 18.7. The quantitative estimate of drug-likeness (QED) is 0.744. The molecule has 2 aromatic carbocycles. The van der Waals surface area contributed by atoms with Gasteiger partial charge in [0, 0.05) is 5.56 Å². The Morgan fingerprint density at radius 2 is 1.70 bits per heavy atom. The third-order valence-electron chi connectivity index (χ3n) is 4.27. The number of hydrogen-bond donors (Lipinski definition) is 2. The summed E-state index contributed by atoms with van der Waals surface area (Å²) in [7, 11) is 0. The van der Waals surface area contributed by atoms with E-state index in [1.807, 2.05) is 43.3 Å². The summed E-state index contributed by atoms with van der Waals surface area (Å²) in [6.07, 6.45) is 0. The van der Waals surface area contributed by atoms with E-state index in [1.165, 1.54) is 0 Å². The molecule has 0 radical (unpaired) electrons. The summed E-state index contributed by atoms with van der Waals surface area (Å²) < 4.78 is 5.80. The van der Waals surface area contributed by atoms with Crippen molar-refractivity contribution in [1.29, 1.82) is 10.5 Å². The van der Waals surface area contributed by atoms with E-state index in [-0.39, 0.29) is 22.5 Å². The Balaban J connectivity index is 1.93. The van der Waals surface area contributed by atoms with Gasteiger partial charge in [-0.05, 0) is 35.7 Å². The molecule has 6 nitrogen and oxygen atoms in total. The van der Waals surface area contributed by atoms with Crippen LogP contribution in [-0.4, -0.2) is 4.98 Å². The topological polar surface area (TPSA) is 116 Å². The zero-order valence-electron chi connectivity index (χ0n) is 14.6. The average molecular weight is 356 g/mol. The van der Waals surface area contributed by atoms with Gasteiger partial charge in [-0.2, -0.15) is 10.5 Å². The highest BCUT2D eigenvalue weighted by atomic mass is 16.5. The SMILES string of the molecule is Cc1ccccc1COc1ccc(-c2c(C#N)c(N)[nH]c(=O)c2C#N)cc1. The molecule has 0 spiro atoms. The Bertz CT molecular complexity index is 1130. The molecule has 6 heteroatoms. The molecule has 0 saturated heterocycles. The summed E-state index contributed by atoms with van der Waals surface area (Å²) >= 11 is 0. The third kappa shape index (κ3) is 3.51. The van der Waals surface area contributed by atoms with Gasteiger partial charge in [-0.25, -0.2) is 0 Å². The average Bonchev–Trinajstić information content (AvgIpc) is 2.67. The number of anilines is 1. The molecular weight excluding hydrogens is 340 g/mol. The summed E-state index contributed by atoms with van der Waals surface area (Å²) in [5.41, 5.74) is 8.04. The minimum absolute atomic E-state index is 0.0589. The molecule has 3 N–H and O–H groups in total. The van der Waals surface area contributed by atoms with E-state index < -0.39 is 5.56 Å². The van der Waals surface area contributed by atoms with Gasteiger partial charge in [0.1, 0.15) is 41.4 Å². The van der Waals surface area contributed by atoms with Crippen LogP contribution in [0, 0.1) is 29.6 Å². The van der Waals surface area contributed by atoms with Crippen molar-refractivity contribution in [3.63, 3.8) is 0 Å². The fourth-order valence-corrected chi connectivity index (χ4v) is 2.78. The predicted molar refractivity (Wildman–Crippen MR) is 102 cm³/mol. The maximum atomic E-state index is 12.0. The molecule has 0 aliphatic carbocycles. The largest absolute Gasteiger partial charge is 0.489 e. The maximum Gasteiger partial charge on any atom is 0.268 e. The second-order valence-electron chi connectivity index (χ2n) is 5.96. The number of nitrogen functional groups attached to an aromatic ring is 1. The number of nitrogens with one attached hydrogen (secondary N) is 1. The number of benzene rings is 2.